The van der Waals surface area contributed by atoms with Crippen LogP contribution in [-0.2, 0) is 13.0 Å². The number of halogens is 1. The lowest BCUT2D eigenvalue weighted by molar-refractivity contribution is 0.507. The van der Waals surface area contributed by atoms with E-state index in [0.717, 1.165) is 42.5 Å². The van der Waals surface area contributed by atoms with E-state index in [4.69, 9.17) is 4.42 Å². The summed E-state index contributed by atoms with van der Waals surface area (Å²) in [6.45, 7) is 2.09. The number of aliphatic imine (C=N–C) groups is 1. The number of hydrogen-bond acceptors (Lipinski definition) is 3. The molecule has 4 nitrogen and oxygen atoms in total. The molecule has 0 amide bonds. The van der Waals surface area contributed by atoms with Crippen LogP contribution >= 0.6 is 11.8 Å². The standard InChI is InChI=1S/C17H22FN3OS/c1-23-12-10-20-17(19-9-8-16-3-2-11-22-16)21-13-14-4-6-15(18)7-5-14/h2-7,11H,8-10,12-13H2,1H3,(H2,19,20,21). The van der Waals surface area contributed by atoms with Gasteiger partial charge in [0.05, 0.1) is 12.8 Å². The van der Waals surface area contributed by atoms with Crippen LogP contribution in [0.1, 0.15) is 11.3 Å². The average molecular weight is 335 g/mol. The molecule has 1 aromatic carbocycles. The molecule has 1 aromatic heterocycles. The van der Waals surface area contributed by atoms with Crippen molar-refractivity contribution in [1.82, 2.24) is 10.6 Å². The van der Waals surface area contributed by atoms with Crippen LogP contribution in [0.2, 0.25) is 0 Å². The third-order valence-electron chi connectivity index (χ3n) is 3.18. The summed E-state index contributed by atoms with van der Waals surface area (Å²) in [5.74, 6) is 2.48. The molecule has 0 saturated heterocycles. The summed E-state index contributed by atoms with van der Waals surface area (Å²) in [5, 5.41) is 6.59. The number of rotatable bonds is 8. The number of guanidine groups is 1. The molecule has 0 bridgehead atoms. The number of hydrogen-bond donors (Lipinski definition) is 2. The van der Waals surface area contributed by atoms with Crippen molar-refractivity contribution in [2.45, 2.75) is 13.0 Å². The van der Waals surface area contributed by atoms with Crippen LogP contribution in [0.4, 0.5) is 4.39 Å². The van der Waals surface area contributed by atoms with Crippen LogP contribution in [-0.4, -0.2) is 31.1 Å². The van der Waals surface area contributed by atoms with E-state index in [0.29, 0.717) is 6.54 Å². The second-order valence-electron chi connectivity index (χ2n) is 4.97. The normalized spacial score (nSPS) is 11.5. The molecule has 2 rings (SSSR count). The molecule has 0 aliphatic rings. The van der Waals surface area contributed by atoms with Gasteiger partial charge < -0.3 is 15.1 Å². The summed E-state index contributed by atoms with van der Waals surface area (Å²) >= 11 is 1.78. The molecular weight excluding hydrogens is 313 g/mol. The number of thioether (sulfide) groups is 1. The summed E-state index contributed by atoms with van der Waals surface area (Å²) in [4.78, 5) is 4.55. The van der Waals surface area contributed by atoms with Crippen molar-refractivity contribution in [3.05, 3.63) is 59.8 Å². The molecule has 2 aromatic rings. The van der Waals surface area contributed by atoms with Gasteiger partial charge >= 0.3 is 0 Å². The fraction of sp³-hybridized carbons (Fsp3) is 0.353. The van der Waals surface area contributed by atoms with Crippen molar-refractivity contribution in [2.75, 3.05) is 25.1 Å². The highest BCUT2D eigenvalue weighted by Crippen LogP contribution is 2.04. The van der Waals surface area contributed by atoms with Crippen molar-refractivity contribution in [3.8, 4) is 0 Å². The Balaban J connectivity index is 1.86. The lowest BCUT2D eigenvalue weighted by atomic mass is 10.2. The minimum atomic E-state index is -0.229. The second-order valence-corrected chi connectivity index (χ2v) is 5.95. The Kier molecular flexibility index (Phi) is 7.52. The molecule has 0 aliphatic heterocycles. The zero-order valence-corrected chi connectivity index (χ0v) is 14.0. The predicted molar refractivity (Wildman–Crippen MR) is 94.3 cm³/mol. The van der Waals surface area contributed by atoms with E-state index < -0.39 is 0 Å². The lowest BCUT2D eigenvalue weighted by Gasteiger charge is -2.12. The first-order valence-electron chi connectivity index (χ1n) is 7.56. The molecule has 0 unspecified atom stereocenters. The maximum absolute atomic E-state index is 12.9. The zero-order valence-electron chi connectivity index (χ0n) is 13.2. The van der Waals surface area contributed by atoms with Crippen LogP contribution in [0, 0.1) is 5.82 Å². The summed E-state index contributed by atoms with van der Waals surface area (Å²) in [7, 11) is 0. The summed E-state index contributed by atoms with van der Waals surface area (Å²) in [6, 6.07) is 10.3. The summed E-state index contributed by atoms with van der Waals surface area (Å²) in [5.41, 5.74) is 0.975. The summed E-state index contributed by atoms with van der Waals surface area (Å²) < 4.78 is 18.2. The van der Waals surface area contributed by atoms with Crippen molar-refractivity contribution >= 4 is 17.7 Å². The molecule has 0 fully saturated rings. The number of nitrogens with one attached hydrogen (secondary N) is 2. The third-order valence-corrected chi connectivity index (χ3v) is 3.79. The first kappa shape index (κ1) is 17.4. The molecule has 23 heavy (non-hydrogen) atoms. The maximum atomic E-state index is 12.9. The van der Waals surface area contributed by atoms with Crippen molar-refractivity contribution in [2.24, 2.45) is 4.99 Å². The molecule has 2 N–H and O–H groups in total. The number of nitrogens with zero attached hydrogens (tertiary/aromatic N) is 1. The van der Waals surface area contributed by atoms with Gasteiger partial charge in [-0.1, -0.05) is 12.1 Å². The predicted octanol–water partition coefficient (Wildman–Crippen LogP) is 3.06. The minimum Gasteiger partial charge on any atom is -0.469 e. The third kappa shape index (κ3) is 6.78. The van der Waals surface area contributed by atoms with E-state index in [1.807, 2.05) is 12.1 Å². The van der Waals surface area contributed by atoms with Crippen molar-refractivity contribution in [3.63, 3.8) is 0 Å². The van der Waals surface area contributed by atoms with E-state index >= 15 is 0 Å². The zero-order chi connectivity index (χ0) is 16.3. The monoisotopic (exact) mass is 335 g/mol. The van der Waals surface area contributed by atoms with Crippen LogP contribution in [0.5, 0.6) is 0 Å². The Hall–Kier alpha value is -1.95. The number of furan rings is 1. The molecule has 124 valence electrons. The van der Waals surface area contributed by atoms with Gasteiger partial charge in [-0.15, -0.1) is 0 Å². The van der Waals surface area contributed by atoms with Crippen LogP contribution in [0.15, 0.2) is 52.1 Å². The van der Waals surface area contributed by atoms with Gasteiger partial charge in [-0.2, -0.15) is 11.8 Å². The smallest absolute Gasteiger partial charge is 0.191 e. The van der Waals surface area contributed by atoms with Crippen LogP contribution in [0.25, 0.3) is 0 Å². The molecule has 0 radical (unpaired) electrons. The van der Waals surface area contributed by atoms with Crippen LogP contribution in [0.3, 0.4) is 0 Å². The maximum Gasteiger partial charge on any atom is 0.191 e. The van der Waals surface area contributed by atoms with E-state index in [-0.39, 0.29) is 5.82 Å². The Bertz CT molecular complexity index is 584. The van der Waals surface area contributed by atoms with E-state index in [1.54, 1.807) is 30.2 Å². The molecule has 0 atom stereocenters. The fourth-order valence-electron chi connectivity index (χ4n) is 1.96. The van der Waals surface area contributed by atoms with Gasteiger partial charge in [0, 0.05) is 25.3 Å². The van der Waals surface area contributed by atoms with Crippen LogP contribution < -0.4 is 10.6 Å². The fourth-order valence-corrected chi connectivity index (χ4v) is 2.27. The largest absolute Gasteiger partial charge is 0.469 e. The minimum absolute atomic E-state index is 0.229. The van der Waals surface area contributed by atoms with Crippen molar-refractivity contribution in [1.29, 1.82) is 0 Å². The highest BCUT2D eigenvalue weighted by atomic mass is 32.2. The Labute approximate surface area is 140 Å². The van der Waals surface area contributed by atoms with E-state index in [2.05, 4.69) is 21.9 Å². The summed E-state index contributed by atoms with van der Waals surface area (Å²) in [6.07, 6.45) is 4.55. The molecule has 6 heteroatoms. The van der Waals surface area contributed by atoms with Gasteiger partial charge in [-0.25, -0.2) is 9.38 Å². The Morgan fingerprint density at radius 1 is 1.17 bits per heavy atom. The molecule has 0 saturated carbocycles. The van der Waals surface area contributed by atoms with Crippen molar-refractivity contribution < 1.29 is 8.81 Å². The highest BCUT2D eigenvalue weighted by molar-refractivity contribution is 7.98. The van der Waals surface area contributed by atoms with Gasteiger partial charge in [0.15, 0.2) is 5.96 Å². The first-order chi connectivity index (χ1) is 11.3. The average Bonchev–Trinajstić information content (AvgIpc) is 3.07. The Morgan fingerprint density at radius 3 is 2.65 bits per heavy atom. The first-order valence-corrected chi connectivity index (χ1v) is 8.95. The molecular formula is C17H22FN3OS. The van der Waals surface area contributed by atoms with Gasteiger partial charge in [0.2, 0.25) is 0 Å². The van der Waals surface area contributed by atoms with Gasteiger partial charge in [-0.05, 0) is 36.1 Å². The SMILES string of the molecule is CSCCNC(=NCc1ccc(F)cc1)NCCc1ccco1. The lowest BCUT2D eigenvalue weighted by Crippen LogP contribution is -2.39. The van der Waals surface area contributed by atoms with Gasteiger partial charge in [-0.3, -0.25) is 0 Å². The molecule has 0 spiro atoms. The van der Waals surface area contributed by atoms with E-state index in [9.17, 15) is 4.39 Å². The quantitative estimate of drug-likeness (QED) is 0.442. The molecule has 0 aliphatic carbocycles. The number of benzene rings is 1. The van der Waals surface area contributed by atoms with Gasteiger partial charge in [0.25, 0.3) is 0 Å². The van der Waals surface area contributed by atoms with Gasteiger partial charge in [0.1, 0.15) is 11.6 Å². The Morgan fingerprint density at radius 2 is 1.96 bits per heavy atom. The topological polar surface area (TPSA) is 49.6 Å². The molecule has 1 heterocycles. The highest BCUT2D eigenvalue weighted by Gasteiger charge is 2.01. The second kappa shape index (κ2) is 9.94. The van der Waals surface area contributed by atoms with E-state index in [1.165, 1.54) is 12.1 Å².